The number of hydrogen-bond donors (Lipinski definition) is 2. The number of hydrogen-bond acceptors (Lipinski definition) is 4. The van der Waals surface area contributed by atoms with Crippen molar-refractivity contribution in [1.29, 1.82) is 0 Å². The molecule has 164 valence electrons. The van der Waals surface area contributed by atoms with Crippen molar-refractivity contribution >= 4 is 23.1 Å². The standard InChI is InChI=1S/C25H24FN3O3/c1-31-23-14-17-11-12-27-22(19(17)15-24(23)32-2)13-16-7-9-18(10-8-16)28-25(30)29-21-6-4-3-5-20(21)26/h3-10,14-15H,11-13H2,1-2H3,(H2,28,29,30). The summed E-state index contributed by atoms with van der Waals surface area (Å²) < 4.78 is 24.6. The minimum atomic E-state index is -0.505. The number of methoxy groups -OCH3 is 2. The molecule has 0 atom stereocenters. The van der Waals surface area contributed by atoms with Gasteiger partial charge in [0.25, 0.3) is 0 Å². The molecule has 3 aromatic carbocycles. The lowest BCUT2D eigenvalue weighted by Crippen LogP contribution is -2.20. The molecule has 1 heterocycles. The van der Waals surface area contributed by atoms with Crippen LogP contribution in [0.5, 0.6) is 11.5 Å². The Morgan fingerprint density at radius 2 is 1.72 bits per heavy atom. The molecule has 0 unspecified atom stereocenters. The zero-order chi connectivity index (χ0) is 22.5. The molecule has 6 nitrogen and oxygen atoms in total. The number of para-hydroxylation sites is 1. The summed E-state index contributed by atoms with van der Waals surface area (Å²) >= 11 is 0. The van der Waals surface area contributed by atoms with Gasteiger partial charge in [-0.3, -0.25) is 4.99 Å². The van der Waals surface area contributed by atoms with Gasteiger partial charge in [-0.25, -0.2) is 9.18 Å². The Labute approximate surface area is 186 Å². The molecule has 2 N–H and O–H groups in total. The van der Waals surface area contributed by atoms with E-state index < -0.39 is 11.8 Å². The Morgan fingerprint density at radius 3 is 2.44 bits per heavy atom. The first-order chi connectivity index (χ1) is 15.6. The highest BCUT2D eigenvalue weighted by atomic mass is 19.1. The molecule has 0 aliphatic carbocycles. The maximum atomic E-state index is 13.7. The monoisotopic (exact) mass is 433 g/mol. The lowest BCUT2D eigenvalue weighted by molar-refractivity contribution is 0.262. The van der Waals surface area contributed by atoms with Crippen molar-refractivity contribution in [3.63, 3.8) is 0 Å². The van der Waals surface area contributed by atoms with Crippen molar-refractivity contribution in [2.45, 2.75) is 12.8 Å². The van der Waals surface area contributed by atoms with Crippen molar-refractivity contribution in [3.05, 3.63) is 83.2 Å². The average Bonchev–Trinajstić information content (AvgIpc) is 2.81. The van der Waals surface area contributed by atoms with Crippen LogP contribution in [0.2, 0.25) is 0 Å². The number of carbonyl (C=O) groups excluding carboxylic acids is 1. The van der Waals surface area contributed by atoms with Gasteiger partial charge in [0.2, 0.25) is 0 Å². The normalized spacial score (nSPS) is 12.4. The Kier molecular flexibility index (Phi) is 6.35. The van der Waals surface area contributed by atoms with E-state index in [0.717, 1.165) is 35.6 Å². The fourth-order valence-electron chi connectivity index (χ4n) is 3.69. The molecule has 0 aromatic heterocycles. The van der Waals surface area contributed by atoms with Crippen LogP contribution in [-0.2, 0) is 12.8 Å². The highest BCUT2D eigenvalue weighted by Crippen LogP contribution is 2.33. The molecule has 0 radical (unpaired) electrons. The van der Waals surface area contributed by atoms with Crippen LogP contribution < -0.4 is 20.1 Å². The number of benzene rings is 3. The third-order valence-electron chi connectivity index (χ3n) is 5.31. The summed E-state index contributed by atoms with van der Waals surface area (Å²) in [7, 11) is 3.26. The van der Waals surface area contributed by atoms with Gasteiger partial charge in [-0.2, -0.15) is 0 Å². The summed E-state index contributed by atoms with van der Waals surface area (Å²) in [5.41, 5.74) is 5.05. The number of amides is 2. The van der Waals surface area contributed by atoms with E-state index in [2.05, 4.69) is 10.6 Å². The summed E-state index contributed by atoms with van der Waals surface area (Å²) in [6, 6.07) is 17.0. The van der Waals surface area contributed by atoms with E-state index in [0.29, 0.717) is 17.9 Å². The van der Waals surface area contributed by atoms with Crippen LogP contribution in [0.25, 0.3) is 0 Å². The number of anilines is 2. The van der Waals surface area contributed by atoms with E-state index in [1.54, 1.807) is 26.4 Å². The summed E-state index contributed by atoms with van der Waals surface area (Å²) in [4.78, 5) is 16.9. The van der Waals surface area contributed by atoms with Gasteiger partial charge in [0, 0.05) is 29.9 Å². The van der Waals surface area contributed by atoms with Crippen LogP contribution in [0.1, 0.15) is 16.7 Å². The van der Waals surface area contributed by atoms with Gasteiger partial charge in [-0.15, -0.1) is 0 Å². The second-order valence-corrected chi connectivity index (χ2v) is 7.38. The number of nitrogens with zero attached hydrogens (tertiary/aromatic N) is 1. The highest BCUT2D eigenvalue weighted by Gasteiger charge is 2.18. The predicted molar refractivity (Wildman–Crippen MR) is 124 cm³/mol. The number of fused-ring (bicyclic) bond motifs is 1. The van der Waals surface area contributed by atoms with Crippen LogP contribution in [0.3, 0.4) is 0 Å². The van der Waals surface area contributed by atoms with E-state index in [-0.39, 0.29) is 5.69 Å². The first-order valence-corrected chi connectivity index (χ1v) is 10.3. The van der Waals surface area contributed by atoms with Crippen LogP contribution >= 0.6 is 0 Å². The zero-order valence-electron chi connectivity index (χ0n) is 17.9. The quantitative estimate of drug-likeness (QED) is 0.570. The molecule has 1 aliphatic heterocycles. The van der Waals surface area contributed by atoms with E-state index >= 15 is 0 Å². The minimum absolute atomic E-state index is 0.127. The third kappa shape index (κ3) is 4.72. The molecule has 0 saturated heterocycles. The maximum Gasteiger partial charge on any atom is 0.323 e. The number of rotatable bonds is 6. The molecule has 0 fully saturated rings. The third-order valence-corrected chi connectivity index (χ3v) is 5.31. The SMILES string of the molecule is COc1cc2c(cc1OC)C(Cc1ccc(NC(=O)Nc3ccccc3F)cc1)=NCC2. The smallest absolute Gasteiger partial charge is 0.323 e. The van der Waals surface area contributed by atoms with Crippen LogP contribution in [0.15, 0.2) is 65.7 Å². The van der Waals surface area contributed by atoms with Gasteiger partial charge in [-0.1, -0.05) is 24.3 Å². The van der Waals surface area contributed by atoms with Crippen molar-refractivity contribution in [2.24, 2.45) is 4.99 Å². The van der Waals surface area contributed by atoms with Crippen molar-refractivity contribution in [2.75, 3.05) is 31.4 Å². The Bertz CT molecular complexity index is 1160. The predicted octanol–water partition coefficient (Wildman–Crippen LogP) is 5.07. The van der Waals surface area contributed by atoms with Crippen LogP contribution in [0.4, 0.5) is 20.6 Å². The zero-order valence-corrected chi connectivity index (χ0v) is 17.9. The van der Waals surface area contributed by atoms with Crippen LogP contribution in [0, 0.1) is 5.82 Å². The molecule has 4 rings (SSSR count). The second kappa shape index (κ2) is 9.51. The first kappa shape index (κ1) is 21.4. The van der Waals surface area contributed by atoms with Gasteiger partial charge >= 0.3 is 6.03 Å². The van der Waals surface area contributed by atoms with E-state index in [1.807, 2.05) is 36.4 Å². The largest absolute Gasteiger partial charge is 0.493 e. The molecule has 2 amide bonds. The number of nitrogens with one attached hydrogen (secondary N) is 2. The summed E-state index contributed by atoms with van der Waals surface area (Å²) in [5, 5.41) is 5.22. The molecular weight excluding hydrogens is 409 g/mol. The molecule has 1 aliphatic rings. The topological polar surface area (TPSA) is 72.0 Å². The maximum absolute atomic E-state index is 13.7. The number of halogens is 1. The van der Waals surface area contributed by atoms with Crippen molar-refractivity contribution in [1.82, 2.24) is 0 Å². The van der Waals surface area contributed by atoms with Gasteiger partial charge in [0.05, 0.1) is 19.9 Å². The van der Waals surface area contributed by atoms with Gasteiger partial charge in [0.1, 0.15) is 5.82 Å². The average molecular weight is 433 g/mol. The van der Waals surface area contributed by atoms with E-state index in [1.165, 1.54) is 17.7 Å². The number of aliphatic imine (C=N–C) groups is 1. The molecule has 32 heavy (non-hydrogen) atoms. The second-order valence-electron chi connectivity index (χ2n) is 7.38. The highest BCUT2D eigenvalue weighted by molar-refractivity contribution is 6.04. The molecular formula is C25H24FN3O3. The fraction of sp³-hybridized carbons (Fsp3) is 0.200. The first-order valence-electron chi connectivity index (χ1n) is 10.3. The lowest BCUT2D eigenvalue weighted by atomic mass is 9.93. The summed E-state index contributed by atoms with van der Waals surface area (Å²) in [5.74, 6) is 0.915. The number of urea groups is 1. The van der Waals surface area contributed by atoms with Crippen molar-refractivity contribution < 1.29 is 18.7 Å². The minimum Gasteiger partial charge on any atom is -0.493 e. The molecule has 0 saturated carbocycles. The number of ether oxygens (including phenoxy) is 2. The molecule has 0 bridgehead atoms. The molecule has 7 heteroatoms. The van der Waals surface area contributed by atoms with Crippen molar-refractivity contribution in [3.8, 4) is 11.5 Å². The summed E-state index contributed by atoms with van der Waals surface area (Å²) in [6.07, 6.45) is 1.52. The van der Waals surface area contributed by atoms with Gasteiger partial charge in [0.15, 0.2) is 11.5 Å². The molecule has 0 spiro atoms. The van der Waals surface area contributed by atoms with Crippen LogP contribution in [-0.4, -0.2) is 32.5 Å². The summed E-state index contributed by atoms with van der Waals surface area (Å²) in [6.45, 7) is 0.730. The van der Waals surface area contributed by atoms with E-state index in [9.17, 15) is 9.18 Å². The van der Waals surface area contributed by atoms with Gasteiger partial charge < -0.3 is 20.1 Å². The Hall–Kier alpha value is -3.87. The molecule has 3 aromatic rings. The lowest BCUT2D eigenvalue weighted by Gasteiger charge is -2.20. The van der Waals surface area contributed by atoms with E-state index in [4.69, 9.17) is 14.5 Å². The number of carbonyl (C=O) groups is 1. The Balaban J connectivity index is 1.44. The Morgan fingerprint density at radius 1 is 1.00 bits per heavy atom. The van der Waals surface area contributed by atoms with Gasteiger partial charge in [-0.05, 0) is 53.9 Å². The fourth-order valence-corrected chi connectivity index (χ4v) is 3.69.